The van der Waals surface area contributed by atoms with Crippen LogP contribution in [0, 0.1) is 5.82 Å². The highest BCUT2D eigenvalue weighted by molar-refractivity contribution is 6.33. The number of carbonyl (C=O) groups excluding carboxylic acids is 4. The zero-order valence-corrected chi connectivity index (χ0v) is 18.3. The third kappa shape index (κ3) is 4.57. The van der Waals surface area contributed by atoms with E-state index in [0.29, 0.717) is 16.3 Å². The van der Waals surface area contributed by atoms with Gasteiger partial charge in [-0.15, -0.1) is 0 Å². The van der Waals surface area contributed by atoms with Gasteiger partial charge in [-0.05, 0) is 36.2 Å². The second-order valence-electron chi connectivity index (χ2n) is 7.37. The topological polar surface area (TPSA) is 98.8 Å². The number of nitrogens with one attached hydrogen (secondary N) is 2. The monoisotopic (exact) mass is 460 g/mol. The quantitative estimate of drug-likeness (QED) is 0.620. The number of hydrogen-bond acceptors (Lipinski definition) is 4. The van der Waals surface area contributed by atoms with E-state index in [9.17, 15) is 23.6 Å². The molecule has 168 valence electrons. The molecule has 1 aliphatic heterocycles. The summed E-state index contributed by atoms with van der Waals surface area (Å²) in [6.45, 7) is 0.867. The molecule has 1 saturated heterocycles. The van der Waals surface area contributed by atoms with Crippen LogP contribution in [0.2, 0.25) is 5.02 Å². The van der Waals surface area contributed by atoms with Crippen LogP contribution in [0.5, 0.6) is 0 Å². The molecule has 32 heavy (non-hydrogen) atoms. The molecule has 0 spiro atoms. The van der Waals surface area contributed by atoms with Crippen molar-refractivity contribution in [2.24, 2.45) is 0 Å². The van der Waals surface area contributed by atoms with E-state index in [1.807, 2.05) is 0 Å². The minimum atomic E-state index is -1.38. The van der Waals surface area contributed by atoms with Gasteiger partial charge in [-0.1, -0.05) is 42.8 Å². The second-order valence-corrected chi connectivity index (χ2v) is 7.77. The van der Waals surface area contributed by atoms with E-state index in [1.165, 1.54) is 31.3 Å². The van der Waals surface area contributed by atoms with Crippen molar-refractivity contribution in [3.8, 4) is 0 Å². The van der Waals surface area contributed by atoms with Crippen LogP contribution < -0.4 is 10.6 Å². The molecule has 5 amide bonds. The van der Waals surface area contributed by atoms with Gasteiger partial charge >= 0.3 is 6.03 Å². The molecule has 0 bridgehead atoms. The predicted molar refractivity (Wildman–Crippen MR) is 116 cm³/mol. The molecule has 2 aromatic carbocycles. The lowest BCUT2D eigenvalue weighted by molar-refractivity contribution is -0.139. The first kappa shape index (κ1) is 23.2. The van der Waals surface area contributed by atoms with Crippen LogP contribution >= 0.6 is 11.6 Å². The lowest BCUT2D eigenvalue weighted by Crippen LogP contribution is -2.46. The fourth-order valence-electron chi connectivity index (χ4n) is 3.46. The molecule has 0 radical (unpaired) electrons. The molecular formula is C22H22ClFN4O4. The zero-order chi connectivity index (χ0) is 23.5. The molecule has 0 aliphatic carbocycles. The number of nitrogens with zero attached hydrogens (tertiary/aromatic N) is 2. The van der Waals surface area contributed by atoms with Gasteiger partial charge in [0.05, 0.1) is 17.3 Å². The highest BCUT2D eigenvalue weighted by atomic mass is 35.5. The average Bonchev–Trinajstić information content (AvgIpc) is 3.00. The lowest BCUT2D eigenvalue weighted by atomic mass is 9.87. The Hall–Kier alpha value is -3.46. The first-order valence-electron chi connectivity index (χ1n) is 9.86. The Morgan fingerprint density at radius 2 is 1.81 bits per heavy atom. The van der Waals surface area contributed by atoms with E-state index >= 15 is 0 Å². The molecule has 1 fully saturated rings. The van der Waals surface area contributed by atoms with Crippen LogP contribution in [0.4, 0.5) is 14.9 Å². The summed E-state index contributed by atoms with van der Waals surface area (Å²) in [5.74, 6) is -2.17. The summed E-state index contributed by atoms with van der Waals surface area (Å²) < 4.78 is 13.3. The number of urea groups is 1. The molecule has 0 aromatic heterocycles. The minimum absolute atomic E-state index is 0.212. The van der Waals surface area contributed by atoms with Gasteiger partial charge in [-0.25, -0.2) is 9.18 Å². The standard InChI is InChI=1S/C22H22ClFN4O4/c1-3-22(14-8-10-15(24)11-9-14)20(31)28(21(32)26-22)13-19(30)27(2)12-18(29)25-17-7-5-4-6-16(17)23/h4-11H,3,12-13H2,1-2H3,(H,25,29)(H,26,32)/t22-/m0/s1. The first-order chi connectivity index (χ1) is 15.2. The van der Waals surface area contributed by atoms with E-state index in [2.05, 4.69) is 10.6 Å². The Morgan fingerprint density at radius 1 is 1.16 bits per heavy atom. The maximum absolute atomic E-state index is 13.3. The molecule has 10 heteroatoms. The zero-order valence-electron chi connectivity index (χ0n) is 17.5. The predicted octanol–water partition coefficient (Wildman–Crippen LogP) is 2.73. The van der Waals surface area contributed by atoms with Gasteiger partial charge < -0.3 is 15.5 Å². The maximum atomic E-state index is 13.3. The molecule has 1 heterocycles. The number of rotatable bonds is 7. The number of para-hydroxylation sites is 1. The van der Waals surface area contributed by atoms with Gasteiger partial charge in [0.25, 0.3) is 5.91 Å². The summed E-state index contributed by atoms with van der Waals surface area (Å²) in [7, 11) is 1.39. The molecule has 0 saturated carbocycles. The smallest absolute Gasteiger partial charge is 0.325 e. The molecule has 0 unspecified atom stereocenters. The summed E-state index contributed by atoms with van der Waals surface area (Å²) in [5.41, 5.74) is -0.561. The van der Waals surface area contributed by atoms with Gasteiger partial charge in [0, 0.05) is 7.05 Å². The van der Waals surface area contributed by atoms with Gasteiger partial charge in [-0.2, -0.15) is 0 Å². The first-order valence-corrected chi connectivity index (χ1v) is 10.2. The summed E-state index contributed by atoms with van der Waals surface area (Å²) in [6, 6.07) is 11.2. The SMILES string of the molecule is CC[C@@]1(c2ccc(F)cc2)NC(=O)N(CC(=O)N(C)CC(=O)Nc2ccccc2Cl)C1=O. The van der Waals surface area contributed by atoms with Crippen LogP contribution in [-0.2, 0) is 19.9 Å². The normalized spacial score (nSPS) is 17.8. The maximum Gasteiger partial charge on any atom is 0.325 e. The van der Waals surface area contributed by atoms with Gasteiger partial charge in [0.1, 0.15) is 17.9 Å². The van der Waals surface area contributed by atoms with E-state index in [-0.39, 0.29) is 13.0 Å². The van der Waals surface area contributed by atoms with Crippen molar-refractivity contribution in [3.63, 3.8) is 0 Å². The number of benzene rings is 2. The van der Waals surface area contributed by atoms with Crippen LogP contribution in [0.15, 0.2) is 48.5 Å². The van der Waals surface area contributed by atoms with Crippen molar-refractivity contribution in [1.82, 2.24) is 15.1 Å². The molecule has 3 rings (SSSR count). The Labute approximate surface area is 189 Å². The van der Waals surface area contributed by atoms with E-state index in [0.717, 1.165) is 9.80 Å². The van der Waals surface area contributed by atoms with Crippen LogP contribution in [0.25, 0.3) is 0 Å². The van der Waals surface area contributed by atoms with Crippen LogP contribution in [0.1, 0.15) is 18.9 Å². The van der Waals surface area contributed by atoms with Crippen LogP contribution in [-0.4, -0.2) is 53.7 Å². The largest absolute Gasteiger partial charge is 0.335 e. The van der Waals surface area contributed by atoms with Gasteiger partial charge in [-0.3, -0.25) is 19.3 Å². The fourth-order valence-corrected chi connectivity index (χ4v) is 3.64. The number of anilines is 1. The minimum Gasteiger partial charge on any atom is -0.335 e. The highest BCUT2D eigenvalue weighted by Crippen LogP contribution is 2.32. The fraction of sp³-hybridized carbons (Fsp3) is 0.273. The number of halogens is 2. The molecular weight excluding hydrogens is 439 g/mol. The van der Waals surface area contributed by atoms with Crippen molar-refractivity contribution in [3.05, 3.63) is 64.9 Å². The Balaban J connectivity index is 1.67. The van der Waals surface area contributed by atoms with Crippen molar-refractivity contribution in [2.75, 3.05) is 25.5 Å². The third-order valence-corrected chi connectivity index (χ3v) is 5.62. The summed E-state index contributed by atoms with van der Waals surface area (Å²) in [5, 5.41) is 5.58. The van der Waals surface area contributed by atoms with Crippen molar-refractivity contribution >= 4 is 41.0 Å². The molecule has 2 aromatic rings. The summed E-state index contributed by atoms with van der Waals surface area (Å²) >= 11 is 6.01. The molecule has 1 aliphatic rings. The van der Waals surface area contributed by atoms with E-state index in [1.54, 1.807) is 31.2 Å². The lowest BCUT2D eigenvalue weighted by Gasteiger charge is -2.26. The van der Waals surface area contributed by atoms with Crippen molar-refractivity contribution in [1.29, 1.82) is 0 Å². The Kier molecular flexibility index (Phi) is 6.78. The third-order valence-electron chi connectivity index (χ3n) is 5.29. The van der Waals surface area contributed by atoms with Crippen molar-refractivity contribution in [2.45, 2.75) is 18.9 Å². The number of carbonyl (C=O) groups is 4. The average molecular weight is 461 g/mol. The van der Waals surface area contributed by atoms with Gasteiger partial charge in [0.2, 0.25) is 11.8 Å². The second kappa shape index (κ2) is 9.35. The van der Waals surface area contributed by atoms with Crippen molar-refractivity contribution < 1.29 is 23.6 Å². The number of imide groups is 1. The Bertz CT molecular complexity index is 1060. The molecule has 2 N–H and O–H groups in total. The molecule has 1 atom stereocenters. The van der Waals surface area contributed by atoms with E-state index in [4.69, 9.17) is 11.6 Å². The highest BCUT2D eigenvalue weighted by Gasteiger charge is 2.51. The summed E-state index contributed by atoms with van der Waals surface area (Å²) in [4.78, 5) is 52.4. The Morgan fingerprint density at radius 3 is 2.44 bits per heavy atom. The number of amides is 5. The summed E-state index contributed by atoms with van der Waals surface area (Å²) in [6.07, 6.45) is 0.212. The molecule has 8 nitrogen and oxygen atoms in total. The number of likely N-dealkylation sites (N-methyl/N-ethyl adjacent to an activating group) is 1. The number of hydrogen-bond donors (Lipinski definition) is 2. The van der Waals surface area contributed by atoms with Gasteiger partial charge in [0.15, 0.2) is 0 Å². The van der Waals surface area contributed by atoms with Crippen LogP contribution in [0.3, 0.4) is 0 Å². The van der Waals surface area contributed by atoms with E-state index < -0.39 is 41.7 Å².